The molecule has 130 valence electrons. The van der Waals surface area contributed by atoms with Crippen molar-refractivity contribution in [3.8, 4) is 11.6 Å². The second-order valence-electron chi connectivity index (χ2n) is 5.30. The molecule has 0 bridgehead atoms. The highest BCUT2D eigenvalue weighted by molar-refractivity contribution is 7.99. The highest BCUT2D eigenvalue weighted by Gasteiger charge is 2.18. The summed E-state index contributed by atoms with van der Waals surface area (Å²) in [6.07, 6.45) is 3.36. The van der Waals surface area contributed by atoms with Crippen LogP contribution in [0.15, 0.2) is 58.1 Å². The predicted molar refractivity (Wildman–Crippen MR) is 99.4 cm³/mol. The maximum Gasteiger partial charge on any atom is 0.233 e. The Hall–Kier alpha value is -2.32. The van der Waals surface area contributed by atoms with Gasteiger partial charge >= 0.3 is 0 Å². The number of allylic oxidation sites excluding steroid dienone is 1. The minimum absolute atomic E-state index is 0.0473. The van der Waals surface area contributed by atoms with E-state index in [-0.39, 0.29) is 5.91 Å². The van der Waals surface area contributed by atoms with E-state index in [1.54, 1.807) is 34.6 Å². The monoisotopic (exact) mass is 374 g/mol. The highest BCUT2D eigenvalue weighted by Crippen LogP contribution is 2.24. The van der Waals surface area contributed by atoms with Gasteiger partial charge in [0.1, 0.15) is 0 Å². The molecule has 0 radical (unpaired) electrons. The molecule has 8 heteroatoms. The van der Waals surface area contributed by atoms with Crippen LogP contribution in [0.1, 0.15) is 4.88 Å². The van der Waals surface area contributed by atoms with Crippen LogP contribution in [0.2, 0.25) is 0 Å². The van der Waals surface area contributed by atoms with E-state index in [4.69, 9.17) is 4.42 Å². The van der Waals surface area contributed by atoms with Gasteiger partial charge < -0.3 is 9.32 Å². The molecule has 0 aliphatic heterocycles. The van der Waals surface area contributed by atoms with Crippen molar-refractivity contribution in [1.29, 1.82) is 0 Å². The van der Waals surface area contributed by atoms with Gasteiger partial charge in [-0.25, -0.2) is 0 Å². The SMILES string of the molecule is C=CCn1c(SCC(=O)N(C)Cc2cccs2)nnc1-c1ccco1. The van der Waals surface area contributed by atoms with E-state index in [1.165, 1.54) is 11.8 Å². The average Bonchev–Trinajstić information content (AvgIpc) is 3.34. The van der Waals surface area contributed by atoms with Crippen molar-refractivity contribution >= 4 is 29.0 Å². The van der Waals surface area contributed by atoms with Gasteiger partial charge in [-0.3, -0.25) is 9.36 Å². The van der Waals surface area contributed by atoms with Gasteiger partial charge in [0.25, 0.3) is 0 Å². The lowest BCUT2D eigenvalue weighted by molar-refractivity contribution is -0.127. The number of hydrogen-bond donors (Lipinski definition) is 0. The first-order chi connectivity index (χ1) is 12.2. The van der Waals surface area contributed by atoms with Crippen LogP contribution < -0.4 is 0 Å². The van der Waals surface area contributed by atoms with Crippen molar-refractivity contribution in [1.82, 2.24) is 19.7 Å². The largest absolute Gasteiger partial charge is 0.461 e. The zero-order valence-electron chi connectivity index (χ0n) is 13.8. The van der Waals surface area contributed by atoms with E-state index in [1.807, 2.05) is 35.2 Å². The topological polar surface area (TPSA) is 64.2 Å². The fourth-order valence-electron chi connectivity index (χ4n) is 2.24. The normalized spacial score (nSPS) is 10.8. The second kappa shape index (κ2) is 8.17. The van der Waals surface area contributed by atoms with Crippen molar-refractivity contribution in [2.24, 2.45) is 0 Å². The molecule has 3 heterocycles. The average molecular weight is 374 g/mol. The third-order valence-corrected chi connectivity index (χ3v) is 5.31. The van der Waals surface area contributed by atoms with Gasteiger partial charge in [-0.2, -0.15) is 0 Å². The standard InChI is InChI=1S/C17H18N4O2S2/c1-3-8-21-16(14-7-4-9-23-14)18-19-17(21)25-12-15(22)20(2)11-13-6-5-10-24-13/h3-7,9-10H,1,8,11-12H2,2H3. The fraction of sp³-hybridized carbons (Fsp3) is 0.235. The second-order valence-corrected chi connectivity index (χ2v) is 7.28. The highest BCUT2D eigenvalue weighted by atomic mass is 32.2. The Morgan fingerprint density at radius 2 is 2.32 bits per heavy atom. The van der Waals surface area contributed by atoms with Gasteiger partial charge in [0.2, 0.25) is 11.7 Å². The van der Waals surface area contributed by atoms with Gasteiger partial charge in [-0.1, -0.05) is 23.9 Å². The molecule has 0 fully saturated rings. The molecular weight excluding hydrogens is 356 g/mol. The summed E-state index contributed by atoms with van der Waals surface area (Å²) in [6.45, 7) is 4.94. The summed E-state index contributed by atoms with van der Waals surface area (Å²) in [6, 6.07) is 7.65. The van der Waals surface area contributed by atoms with E-state index in [9.17, 15) is 4.79 Å². The molecule has 0 aliphatic carbocycles. The lowest BCUT2D eigenvalue weighted by Crippen LogP contribution is -2.27. The lowest BCUT2D eigenvalue weighted by atomic mass is 10.4. The molecule has 0 saturated heterocycles. The van der Waals surface area contributed by atoms with Gasteiger partial charge in [0.05, 0.1) is 18.6 Å². The zero-order chi connectivity index (χ0) is 17.6. The molecule has 0 spiro atoms. The number of furan rings is 1. The number of amides is 1. The maximum absolute atomic E-state index is 12.4. The van der Waals surface area contributed by atoms with Gasteiger partial charge in [0, 0.05) is 18.5 Å². The Kier molecular flexibility index (Phi) is 5.72. The summed E-state index contributed by atoms with van der Waals surface area (Å²) in [7, 11) is 1.81. The van der Waals surface area contributed by atoms with E-state index < -0.39 is 0 Å². The van der Waals surface area contributed by atoms with Crippen LogP contribution in [-0.2, 0) is 17.9 Å². The van der Waals surface area contributed by atoms with Crippen molar-refractivity contribution in [3.05, 3.63) is 53.4 Å². The van der Waals surface area contributed by atoms with Crippen LogP contribution in [0.4, 0.5) is 0 Å². The minimum Gasteiger partial charge on any atom is -0.461 e. The molecule has 0 aliphatic rings. The molecule has 3 aromatic heterocycles. The van der Waals surface area contributed by atoms with E-state index in [0.717, 1.165) is 4.88 Å². The molecule has 0 N–H and O–H groups in total. The summed E-state index contributed by atoms with van der Waals surface area (Å²) in [4.78, 5) is 15.2. The van der Waals surface area contributed by atoms with E-state index in [0.29, 0.717) is 35.6 Å². The Balaban J connectivity index is 1.66. The van der Waals surface area contributed by atoms with E-state index in [2.05, 4.69) is 16.8 Å². The van der Waals surface area contributed by atoms with Crippen molar-refractivity contribution in [2.75, 3.05) is 12.8 Å². The molecule has 0 atom stereocenters. The molecule has 0 aromatic carbocycles. The molecule has 6 nitrogen and oxygen atoms in total. The van der Waals surface area contributed by atoms with Crippen LogP contribution in [0, 0.1) is 0 Å². The van der Waals surface area contributed by atoms with Gasteiger partial charge in [-0.15, -0.1) is 28.1 Å². The number of rotatable bonds is 8. The third kappa shape index (κ3) is 4.21. The van der Waals surface area contributed by atoms with Crippen LogP contribution in [0.25, 0.3) is 11.6 Å². The maximum atomic E-state index is 12.4. The number of thiophene rings is 1. The van der Waals surface area contributed by atoms with Crippen molar-refractivity contribution < 1.29 is 9.21 Å². The van der Waals surface area contributed by atoms with Crippen LogP contribution in [0.5, 0.6) is 0 Å². The fourth-order valence-corrected chi connectivity index (χ4v) is 3.88. The molecule has 0 unspecified atom stereocenters. The first kappa shape index (κ1) is 17.5. The number of carbonyl (C=O) groups is 1. The molecule has 1 amide bonds. The predicted octanol–water partition coefficient (Wildman–Crippen LogP) is 3.54. The first-order valence-electron chi connectivity index (χ1n) is 7.66. The molecule has 3 aromatic rings. The summed E-state index contributed by atoms with van der Waals surface area (Å²) in [5, 5.41) is 11.1. The Morgan fingerprint density at radius 1 is 1.44 bits per heavy atom. The number of nitrogens with zero attached hydrogens (tertiary/aromatic N) is 4. The van der Waals surface area contributed by atoms with Crippen LogP contribution in [0.3, 0.4) is 0 Å². The first-order valence-corrected chi connectivity index (χ1v) is 9.52. The Labute approximate surface area is 154 Å². The number of aromatic nitrogens is 3. The molecular formula is C17H18N4O2S2. The number of hydrogen-bond acceptors (Lipinski definition) is 6. The third-order valence-electron chi connectivity index (χ3n) is 3.49. The van der Waals surface area contributed by atoms with Crippen molar-refractivity contribution in [2.45, 2.75) is 18.2 Å². The van der Waals surface area contributed by atoms with E-state index >= 15 is 0 Å². The molecule has 3 rings (SSSR count). The zero-order valence-corrected chi connectivity index (χ0v) is 15.4. The minimum atomic E-state index is 0.0473. The summed E-state index contributed by atoms with van der Waals surface area (Å²) < 4.78 is 7.29. The Morgan fingerprint density at radius 3 is 3.00 bits per heavy atom. The summed E-state index contributed by atoms with van der Waals surface area (Å²) in [5.41, 5.74) is 0. The smallest absolute Gasteiger partial charge is 0.233 e. The van der Waals surface area contributed by atoms with Crippen LogP contribution >= 0.6 is 23.1 Å². The summed E-state index contributed by atoms with van der Waals surface area (Å²) in [5.74, 6) is 1.62. The molecule has 0 saturated carbocycles. The number of thioether (sulfide) groups is 1. The Bertz CT molecular complexity index is 825. The van der Waals surface area contributed by atoms with Crippen molar-refractivity contribution in [3.63, 3.8) is 0 Å². The quantitative estimate of drug-likeness (QED) is 0.446. The van der Waals surface area contributed by atoms with Gasteiger partial charge in [0.15, 0.2) is 10.9 Å². The molecule has 25 heavy (non-hydrogen) atoms. The van der Waals surface area contributed by atoms with Gasteiger partial charge in [-0.05, 0) is 23.6 Å². The number of carbonyl (C=O) groups excluding carboxylic acids is 1. The lowest BCUT2D eigenvalue weighted by Gasteiger charge is -2.15. The summed E-state index contributed by atoms with van der Waals surface area (Å²) >= 11 is 3.01. The van der Waals surface area contributed by atoms with Crippen LogP contribution in [-0.4, -0.2) is 38.4 Å².